The van der Waals surface area contributed by atoms with Crippen molar-refractivity contribution in [2.45, 2.75) is 33.2 Å². The van der Waals surface area contributed by atoms with Crippen LogP contribution in [0, 0.1) is 0 Å². The number of β-amino-alcohol motifs (C(OH)–C–C–N with tert-alkyl or cyclic N) is 1. The van der Waals surface area contributed by atoms with Crippen molar-refractivity contribution in [2.75, 3.05) is 57.4 Å². The van der Waals surface area contributed by atoms with Gasteiger partial charge >= 0.3 is 0 Å². The Kier molecular flexibility index (Phi) is 8.85. The van der Waals surface area contributed by atoms with Gasteiger partial charge in [0.25, 0.3) is 5.56 Å². The number of hydrogen-bond acceptors (Lipinski definition) is 7. The number of hydrogen-bond donors (Lipinski definition) is 1. The molecular formula is C28H37N5O3. The lowest BCUT2D eigenvalue weighted by Gasteiger charge is -2.34. The summed E-state index contributed by atoms with van der Waals surface area (Å²) < 4.78 is 7.52. The maximum atomic E-state index is 13.7. The summed E-state index contributed by atoms with van der Waals surface area (Å²) in [7, 11) is 0. The molecule has 0 aliphatic carbocycles. The zero-order valence-corrected chi connectivity index (χ0v) is 21.4. The predicted octanol–water partition coefficient (Wildman–Crippen LogP) is 3.42. The Balaban J connectivity index is 1.73. The fraction of sp³-hybridized carbons (Fsp3) is 0.464. The molecule has 1 saturated heterocycles. The van der Waals surface area contributed by atoms with E-state index in [1.807, 2.05) is 23.1 Å². The second kappa shape index (κ2) is 12.3. The first-order valence-corrected chi connectivity index (χ1v) is 12.9. The maximum Gasteiger partial charge on any atom is 0.294 e. The lowest BCUT2D eigenvalue weighted by atomic mass is 10.0. The SMILES string of the molecule is C=C(CC)c1cccc(-c2cc3c(cn2)nc(N2CCN(CCO)CC2)c(=O)n3CCOCCC)c1. The van der Waals surface area contributed by atoms with Gasteiger partial charge in [-0.25, -0.2) is 4.98 Å². The Hall–Kier alpha value is -3.07. The summed E-state index contributed by atoms with van der Waals surface area (Å²) in [6.45, 7) is 13.7. The standard InChI is InChI=1S/C28H37N5O3/c1-4-16-36-17-14-33-26-19-24(23-8-6-7-22(18-23)21(3)5-2)29-20-25(26)30-27(28(33)35)32-11-9-31(10-12-32)13-15-34/h6-8,18-20,34H,3-5,9-17H2,1-2H3. The zero-order valence-electron chi connectivity index (χ0n) is 21.4. The van der Waals surface area contributed by atoms with Gasteiger partial charge in [-0.05, 0) is 36.1 Å². The molecule has 3 heterocycles. The second-order valence-corrected chi connectivity index (χ2v) is 9.15. The Morgan fingerprint density at radius 1 is 1.11 bits per heavy atom. The van der Waals surface area contributed by atoms with Crippen molar-refractivity contribution in [1.29, 1.82) is 0 Å². The smallest absolute Gasteiger partial charge is 0.294 e. The van der Waals surface area contributed by atoms with Gasteiger partial charge in [0.15, 0.2) is 5.82 Å². The fourth-order valence-electron chi connectivity index (χ4n) is 4.55. The van der Waals surface area contributed by atoms with Gasteiger partial charge in [-0.15, -0.1) is 0 Å². The quantitative estimate of drug-likeness (QED) is 0.412. The molecule has 1 aromatic carbocycles. The molecule has 1 N–H and O–H groups in total. The molecule has 0 radical (unpaired) electrons. The number of piperazine rings is 1. The van der Waals surface area contributed by atoms with Crippen LogP contribution in [0.3, 0.4) is 0 Å². The van der Waals surface area contributed by atoms with Gasteiger partial charge in [0.05, 0.1) is 30.6 Å². The van der Waals surface area contributed by atoms with Crippen molar-refractivity contribution >= 4 is 22.4 Å². The average molecular weight is 492 g/mol. The highest BCUT2D eigenvalue weighted by Gasteiger charge is 2.22. The molecule has 192 valence electrons. The van der Waals surface area contributed by atoms with Crippen molar-refractivity contribution in [1.82, 2.24) is 19.4 Å². The number of nitrogens with zero attached hydrogens (tertiary/aromatic N) is 5. The molecule has 8 heteroatoms. The van der Waals surface area contributed by atoms with Crippen molar-refractivity contribution < 1.29 is 9.84 Å². The number of fused-ring (bicyclic) bond motifs is 1. The number of benzene rings is 1. The largest absolute Gasteiger partial charge is 0.395 e. The molecule has 0 saturated carbocycles. The van der Waals surface area contributed by atoms with E-state index in [4.69, 9.17) is 14.7 Å². The number of aliphatic hydroxyl groups excluding tert-OH is 1. The van der Waals surface area contributed by atoms with Gasteiger partial charge in [-0.2, -0.15) is 0 Å². The van der Waals surface area contributed by atoms with Gasteiger partial charge in [-0.3, -0.25) is 14.7 Å². The van der Waals surface area contributed by atoms with Crippen LogP contribution in [-0.4, -0.2) is 77.1 Å². The number of ether oxygens (including phenoxy) is 1. The van der Waals surface area contributed by atoms with Crippen LogP contribution in [-0.2, 0) is 11.3 Å². The molecule has 0 spiro atoms. The highest BCUT2D eigenvalue weighted by molar-refractivity contribution is 5.81. The summed E-state index contributed by atoms with van der Waals surface area (Å²) in [5, 5.41) is 9.24. The molecule has 0 bridgehead atoms. The van der Waals surface area contributed by atoms with E-state index in [2.05, 4.69) is 37.5 Å². The van der Waals surface area contributed by atoms with Gasteiger partial charge in [0.2, 0.25) is 0 Å². The van der Waals surface area contributed by atoms with Gasteiger partial charge in [0.1, 0.15) is 5.52 Å². The van der Waals surface area contributed by atoms with Crippen LogP contribution >= 0.6 is 0 Å². The first-order chi connectivity index (χ1) is 17.5. The minimum absolute atomic E-state index is 0.108. The number of aromatic nitrogens is 3. The number of rotatable bonds is 11. The predicted molar refractivity (Wildman–Crippen MR) is 145 cm³/mol. The lowest BCUT2D eigenvalue weighted by molar-refractivity contribution is 0.127. The molecule has 0 unspecified atom stereocenters. The van der Waals surface area contributed by atoms with Crippen molar-refractivity contribution in [3.8, 4) is 11.3 Å². The molecule has 3 aromatic rings. The number of aliphatic hydroxyl groups is 1. The molecule has 0 atom stereocenters. The summed E-state index contributed by atoms with van der Waals surface area (Å²) in [4.78, 5) is 27.4. The molecule has 2 aromatic heterocycles. The minimum atomic E-state index is -0.108. The molecule has 1 aliphatic heterocycles. The molecular weight excluding hydrogens is 454 g/mol. The van der Waals surface area contributed by atoms with E-state index in [0.29, 0.717) is 50.7 Å². The average Bonchev–Trinajstić information content (AvgIpc) is 2.92. The van der Waals surface area contributed by atoms with Crippen molar-refractivity contribution in [3.05, 3.63) is 59.0 Å². The second-order valence-electron chi connectivity index (χ2n) is 9.15. The molecule has 4 rings (SSSR count). The van der Waals surface area contributed by atoms with Crippen LogP contribution in [0.1, 0.15) is 32.3 Å². The van der Waals surface area contributed by atoms with Gasteiger partial charge in [-0.1, -0.05) is 38.6 Å². The Morgan fingerprint density at radius 2 is 1.92 bits per heavy atom. The molecule has 0 amide bonds. The van der Waals surface area contributed by atoms with E-state index in [1.54, 1.807) is 10.8 Å². The van der Waals surface area contributed by atoms with E-state index in [-0.39, 0.29) is 12.2 Å². The van der Waals surface area contributed by atoms with Crippen LogP contribution in [0.2, 0.25) is 0 Å². The lowest BCUT2D eigenvalue weighted by Crippen LogP contribution is -2.49. The maximum absolute atomic E-state index is 13.7. The number of anilines is 1. The molecule has 36 heavy (non-hydrogen) atoms. The molecule has 1 fully saturated rings. The summed E-state index contributed by atoms with van der Waals surface area (Å²) in [5.41, 5.74) is 5.29. The van der Waals surface area contributed by atoms with E-state index in [9.17, 15) is 9.90 Å². The van der Waals surface area contributed by atoms with Crippen molar-refractivity contribution in [3.63, 3.8) is 0 Å². The topological polar surface area (TPSA) is 83.7 Å². The Bertz CT molecular complexity index is 1250. The highest BCUT2D eigenvalue weighted by atomic mass is 16.5. The summed E-state index contributed by atoms with van der Waals surface area (Å²) in [6, 6.07) is 10.2. The third-order valence-electron chi connectivity index (χ3n) is 6.70. The van der Waals surface area contributed by atoms with Crippen LogP contribution in [0.25, 0.3) is 27.9 Å². The van der Waals surface area contributed by atoms with E-state index < -0.39 is 0 Å². The summed E-state index contributed by atoms with van der Waals surface area (Å²) in [5.74, 6) is 0.456. The third-order valence-corrected chi connectivity index (χ3v) is 6.70. The third kappa shape index (κ3) is 5.83. The van der Waals surface area contributed by atoms with E-state index in [1.165, 1.54) is 0 Å². The first kappa shape index (κ1) is 26.0. The summed E-state index contributed by atoms with van der Waals surface area (Å²) >= 11 is 0. The summed E-state index contributed by atoms with van der Waals surface area (Å²) in [6.07, 6.45) is 3.58. The normalized spacial score (nSPS) is 14.5. The van der Waals surface area contributed by atoms with Gasteiger partial charge in [0, 0.05) is 51.4 Å². The van der Waals surface area contributed by atoms with E-state index in [0.717, 1.165) is 53.8 Å². The zero-order chi connectivity index (χ0) is 25.5. The Morgan fingerprint density at radius 3 is 2.64 bits per heavy atom. The number of allylic oxidation sites excluding steroid dienone is 1. The molecule has 8 nitrogen and oxygen atoms in total. The van der Waals surface area contributed by atoms with Crippen LogP contribution in [0.4, 0.5) is 5.82 Å². The van der Waals surface area contributed by atoms with Crippen LogP contribution in [0.5, 0.6) is 0 Å². The monoisotopic (exact) mass is 491 g/mol. The number of pyridine rings is 1. The minimum Gasteiger partial charge on any atom is -0.395 e. The van der Waals surface area contributed by atoms with Gasteiger partial charge < -0.3 is 19.3 Å². The molecule has 1 aliphatic rings. The van der Waals surface area contributed by atoms with Crippen LogP contribution < -0.4 is 10.5 Å². The van der Waals surface area contributed by atoms with Crippen LogP contribution in [0.15, 0.2) is 47.9 Å². The highest BCUT2D eigenvalue weighted by Crippen LogP contribution is 2.26. The Labute approximate surface area is 212 Å². The van der Waals surface area contributed by atoms with Crippen molar-refractivity contribution in [2.24, 2.45) is 0 Å². The first-order valence-electron chi connectivity index (χ1n) is 12.9. The van der Waals surface area contributed by atoms with E-state index >= 15 is 0 Å². The fourth-order valence-corrected chi connectivity index (χ4v) is 4.55.